The van der Waals surface area contributed by atoms with Gasteiger partial charge in [0.1, 0.15) is 0 Å². The predicted octanol–water partition coefficient (Wildman–Crippen LogP) is 3.60. The van der Waals surface area contributed by atoms with Crippen molar-refractivity contribution in [2.75, 3.05) is 0 Å². The molecule has 1 aromatic rings. The Morgan fingerprint density at radius 1 is 1.27 bits per heavy atom. The van der Waals surface area contributed by atoms with Crippen LogP contribution in [0.2, 0.25) is 0 Å². The monoisotopic (exact) mass is 231 g/mol. The normalized spacial score (nSPS) is 12.0. The van der Waals surface area contributed by atoms with Gasteiger partial charge in [-0.2, -0.15) is 5.26 Å². The van der Waals surface area contributed by atoms with E-state index in [1.54, 1.807) is 6.07 Å². The Labute approximate surface area is 89.4 Å². The molecular formula is C10H5ClF3N. The zero-order valence-corrected chi connectivity index (χ0v) is 8.37. The van der Waals surface area contributed by atoms with Crippen molar-refractivity contribution in [2.45, 2.75) is 6.92 Å². The fourth-order valence-corrected chi connectivity index (χ4v) is 1.13. The van der Waals surface area contributed by atoms with Gasteiger partial charge in [-0.3, -0.25) is 0 Å². The molecule has 0 unspecified atom stereocenters. The van der Waals surface area contributed by atoms with Crippen molar-refractivity contribution >= 4 is 16.6 Å². The quantitative estimate of drug-likeness (QED) is 0.535. The molecule has 0 bridgehead atoms. The van der Waals surface area contributed by atoms with E-state index >= 15 is 0 Å². The van der Waals surface area contributed by atoms with Gasteiger partial charge in [-0.1, -0.05) is 11.6 Å². The first-order valence-corrected chi connectivity index (χ1v) is 4.27. The summed E-state index contributed by atoms with van der Waals surface area (Å²) in [5, 5.41) is 8.27. The van der Waals surface area contributed by atoms with Crippen molar-refractivity contribution in [1.29, 1.82) is 5.26 Å². The summed E-state index contributed by atoms with van der Waals surface area (Å²) in [6.07, 6.45) is 0. The summed E-state index contributed by atoms with van der Waals surface area (Å²) in [5.74, 6) is -4.29. The average molecular weight is 232 g/mol. The van der Waals surface area contributed by atoms with Gasteiger partial charge < -0.3 is 0 Å². The van der Waals surface area contributed by atoms with Crippen molar-refractivity contribution in [3.63, 3.8) is 0 Å². The Hall–Kier alpha value is -1.47. The molecule has 0 aliphatic rings. The van der Waals surface area contributed by atoms with Gasteiger partial charge in [0, 0.05) is 11.1 Å². The lowest BCUT2D eigenvalue weighted by Gasteiger charge is -2.03. The van der Waals surface area contributed by atoms with Crippen molar-refractivity contribution in [3.05, 3.63) is 40.7 Å². The van der Waals surface area contributed by atoms with Crippen LogP contribution in [0.1, 0.15) is 12.5 Å². The van der Waals surface area contributed by atoms with Crippen LogP contribution >= 0.6 is 11.6 Å². The van der Waals surface area contributed by atoms with Gasteiger partial charge >= 0.3 is 0 Å². The number of halogens is 4. The van der Waals surface area contributed by atoms with Gasteiger partial charge in [-0.05, 0) is 19.1 Å². The number of nitrogens with zero attached hydrogens (tertiary/aromatic N) is 1. The van der Waals surface area contributed by atoms with Gasteiger partial charge in [0.05, 0.1) is 11.1 Å². The van der Waals surface area contributed by atoms with E-state index in [1.807, 2.05) is 0 Å². The number of hydrogen-bond acceptors (Lipinski definition) is 1. The highest BCUT2D eigenvalue weighted by Crippen LogP contribution is 2.27. The highest BCUT2D eigenvalue weighted by Gasteiger charge is 2.16. The Morgan fingerprint density at radius 2 is 1.87 bits per heavy atom. The highest BCUT2D eigenvalue weighted by molar-refractivity contribution is 6.49. The van der Waals surface area contributed by atoms with E-state index in [0.717, 1.165) is 12.1 Å². The molecule has 1 rings (SSSR count). The highest BCUT2D eigenvalue weighted by atomic mass is 35.5. The van der Waals surface area contributed by atoms with Gasteiger partial charge in [0.25, 0.3) is 0 Å². The Morgan fingerprint density at radius 3 is 2.40 bits per heavy atom. The third-order valence-electron chi connectivity index (χ3n) is 1.77. The Bertz CT molecular complexity index is 474. The molecule has 0 heterocycles. The van der Waals surface area contributed by atoms with Gasteiger partial charge in [-0.25, -0.2) is 13.2 Å². The van der Waals surface area contributed by atoms with Crippen molar-refractivity contribution in [2.24, 2.45) is 0 Å². The van der Waals surface area contributed by atoms with E-state index in [-0.39, 0.29) is 16.2 Å². The molecule has 0 amide bonds. The molecule has 0 N–H and O–H groups in total. The molecule has 0 aromatic heterocycles. The smallest absolute Gasteiger partial charge is 0.195 e. The molecule has 0 spiro atoms. The zero-order valence-electron chi connectivity index (χ0n) is 7.61. The van der Waals surface area contributed by atoms with Crippen LogP contribution in [0.25, 0.3) is 5.03 Å². The number of hydrogen-bond donors (Lipinski definition) is 0. The van der Waals surface area contributed by atoms with Crippen LogP contribution in [0.5, 0.6) is 0 Å². The largest absolute Gasteiger partial charge is 0.204 e. The van der Waals surface area contributed by atoms with E-state index in [4.69, 9.17) is 16.9 Å². The summed E-state index contributed by atoms with van der Waals surface area (Å²) in [4.78, 5) is 0. The Kier molecular flexibility index (Phi) is 3.38. The fourth-order valence-electron chi connectivity index (χ4n) is 0.946. The third kappa shape index (κ3) is 2.13. The van der Waals surface area contributed by atoms with Crippen LogP contribution in [-0.2, 0) is 0 Å². The van der Waals surface area contributed by atoms with Crippen LogP contribution in [0.4, 0.5) is 13.2 Å². The minimum absolute atomic E-state index is 0.0292. The molecule has 0 saturated carbocycles. The molecule has 5 heteroatoms. The minimum Gasteiger partial charge on any atom is -0.204 e. The van der Waals surface area contributed by atoms with Crippen LogP contribution in [0, 0.1) is 28.8 Å². The summed E-state index contributed by atoms with van der Waals surface area (Å²) in [6, 6.07) is 3.42. The molecule has 1 aromatic carbocycles. The second-order valence-corrected chi connectivity index (χ2v) is 3.15. The molecule has 0 atom stereocenters. The fraction of sp³-hybridized carbons (Fsp3) is 0.100. The van der Waals surface area contributed by atoms with Crippen molar-refractivity contribution in [3.8, 4) is 6.07 Å². The summed E-state index contributed by atoms with van der Waals surface area (Å²) < 4.78 is 38.5. The molecule has 78 valence electrons. The molecule has 0 saturated heterocycles. The number of benzene rings is 1. The van der Waals surface area contributed by atoms with E-state index < -0.39 is 17.5 Å². The first-order valence-electron chi connectivity index (χ1n) is 3.89. The lowest BCUT2D eigenvalue weighted by Crippen LogP contribution is -1.95. The standard InChI is InChI=1S/C10H5ClF3N/c1-5(4-15)8(11)6-2-3-7(12)10(14)9(6)13/h2-3H,1H3. The number of nitriles is 1. The van der Waals surface area contributed by atoms with Crippen LogP contribution in [0.3, 0.4) is 0 Å². The second-order valence-electron chi connectivity index (χ2n) is 2.77. The maximum atomic E-state index is 13.2. The number of allylic oxidation sites excluding steroid dienone is 1. The van der Waals surface area contributed by atoms with Gasteiger partial charge in [0.2, 0.25) is 0 Å². The Balaban J connectivity index is 3.43. The van der Waals surface area contributed by atoms with E-state index in [1.165, 1.54) is 6.92 Å². The van der Waals surface area contributed by atoms with Gasteiger partial charge in [0.15, 0.2) is 17.5 Å². The molecule has 15 heavy (non-hydrogen) atoms. The molecule has 0 aliphatic heterocycles. The zero-order chi connectivity index (χ0) is 11.6. The van der Waals surface area contributed by atoms with Crippen LogP contribution < -0.4 is 0 Å². The third-order valence-corrected chi connectivity index (χ3v) is 2.26. The van der Waals surface area contributed by atoms with Crippen molar-refractivity contribution in [1.82, 2.24) is 0 Å². The first-order chi connectivity index (χ1) is 6.99. The molecule has 1 nitrogen and oxygen atoms in total. The van der Waals surface area contributed by atoms with Crippen molar-refractivity contribution < 1.29 is 13.2 Å². The molecule has 0 aliphatic carbocycles. The maximum absolute atomic E-state index is 13.2. The van der Waals surface area contributed by atoms with Crippen LogP contribution in [0.15, 0.2) is 17.7 Å². The lowest BCUT2D eigenvalue weighted by atomic mass is 10.1. The summed E-state index contributed by atoms with van der Waals surface area (Å²) in [7, 11) is 0. The maximum Gasteiger partial charge on any atom is 0.195 e. The van der Waals surface area contributed by atoms with E-state index in [9.17, 15) is 13.2 Å². The number of rotatable bonds is 1. The van der Waals surface area contributed by atoms with Gasteiger partial charge in [-0.15, -0.1) is 0 Å². The first kappa shape index (κ1) is 11.6. The second kappa shape index (κ2) is 4.37. The summed E-state index contributed by atoms with van der Waals surface area (Å²) in [5.41, 5.74) is -0.295. The molecule has 0 radical (unpaired) electrons. The van der Waals surface area contributed by atoms with Crippen LogP contribution in [-0.4, -0.2) is 0 Å². The summed E-state index contributed by atoms with van der Waals surface area (Å²) in [6.45, 7) is 1.35. The SMILES string of the molecule is CC(C#N)=C(Cl)c1ccc(F)c(F)c1F. The lowest BCUT2D eigenvalue weighted by molar-refractivity contribution is 0.446. The molecular weight excluding hydrogens is 227 g/mol. The topological polar surface area (TPSA) is 23.8 Å². The average Bonchev–Trinajstić information content (AvgIpc) is 2.24. The predicted molar refractivity (Wildman–Crippen MR) is 50.4 cm³/mol. The van der Waals surface area contributed by atoms with E-state index in [2.05, 4.69) is 0 Å². The minimum atomic E-state index is -1.60. The van der Waals surface area contributed by atoms with E-state index in [0.29, 0.717) is 0 Å². The summed E-state index contributed by atoms with van der Waals surface area (Å²) >= 11 is 5.61. The molecule has 0 fully saturated rings.